The summed E-state index contributed by atoms with van der Waals surface area (Å²) in [6, 6.07) is 14.1. The molecule has 4 rings (SSSR count). The molecule has 0 spiro atoms. The highest BCUT2D eigenvalue weighted by atomic mass is 16.5. The van der Waals surface area contributed by atoms with Crippen molar-refractivity contribution in [2.75, 3.05) is 43.6 Å². The lowest BCUT2D eigenvalue weighted by atomic mass is 10.1. The molecule has 8 heteroatoms. The first kappa shape index (κ1) is 20.0. The maximum atomic E-state index is 6.15. The number of guanidine groups is 2. The highest BCUT2D eigenvalue weighted by Gasteiger charge is 2.33. The Morgan fingerprint density at radius 3 is 2.60 bits per heavy atom. The standard InChI is InChI=1S/C22H28N6O2/c1-15-8-9-17(14-16(15)2)24-21-25-20(23)26-22(27-10-12-30-13-11-27)28(21)18-6-4-5-7-19(18)29-3/h4-9,14,21,24H,10-13H2,1-3H3,(H2,23,25). The van der Waals surface area contributed by atoms with Crippen LogP contribution in [0.3, 0.4) is 0 Å². The summed E-state index contributed by atoms with van der Waals surface area (Å²) in [7, 11) is 1.66. The van der Waals surface area contributed by atoms with Gasteiger partial charge in [-0.15, -0.1) is 0 Å². The zero-order valence-corrected chi connectivity index (χ0v) is 17.6. The maximum Gasteiger partial charge on any atom is 0.222 e. The third-order valence-electron chi connectivity index (χ3n) is 5.37. The minimum atomic E-state index is -0.473. The van der Waals surface area contributed by atoms with Gasteiger partial charge in [-0.2, -0.15) is 4.99 Å². The Bertz CT molecular complexity index is 968. The molecule has 0 aromatic heterocycles. The second kappa shape index (κ2) is 8.62. The molecule has 2 aliphatic heterocycles. The molecule has 30 heavy (non-hydrogen) atoms. The van der Waals surface area contributed by atoms with Crippen LogP contribution in [0.25, 0.3) is 0 Å². The Hall–Kier alpha value is -3.26. The van der Waals surface area contributed by atoms with Crippen LogP contribution >= 0.6 is 0 Å². The van der Waals surface area contributed by atoms with Crippen molar-refractivity contribution in [2.45, 2.75) is 20.1 Å². The van der Waals surface area contributed by atoms with E-state index in [-0.39, 0.29) is 5.96 Å². The topological polar surface area (TPSA) is 87.7 Å². The first-order valence-electron chi connectivity index (χ1n) is 10.1. The van der Waals surface area contributed by atoms with Gasteiger partial charge in [-0.1, -0.05) is 18.2 Å². The van der Waals surface area contributed by atoms with Gasteiger partial charge in [0, 0.05) is 18.8 Å². The molecule has 0 saturated carbocycles. The smallest absolute Gasteiger partial charge is 0.222 e. The van der Waals surface area contributed by atoms with E-state index in [1.165, 1.54) is 11.1 Å². The van der Waals surface area contributed by atoms with Gasteiger partial charge in [0.05, 0.1) is 26.0 Å². The number of aryl methyl sites for hydroxylation is 2. The molecule has 158 valence electrons. The van der Waals surface area contributed by atoms with Crippen LogP contribution in [0.15, 0.2) is 52.4 Å². The molecule has 1 saturated heterocycles. The summed E-state index contributed by atoms with van der Waals surface area (Å²) in [5.74, 6) is 1.71. The highest BCUT2D eigenvalue weighted by Crippen LogP contribution is 2.32. The zero-order valence-electron chi connectivity index (χ0n) is 17.6. The number of benzene rings is 2. The number of para-hydroxylation sites is 2. The summed E-state index contributed by atoms with van der Waals surface area (Å²) in [4.78, 5) is 13.4. The predicted octanol–water partition coefficient (Wildman–Crippen LogP) is 2.53. The molecule has 1 fully saturated rings. The monoisotopic (exact) mass is 408 g/mol. The van der Waals surface area contributed by atoms with Crippen molar-refractivity contribution in [3.05, 3.63) is 53.6 Å². The van der Waals surface area contributed by atoms with Gasteiger partial charge in [0.1, 0.15) is 5.75 Å². The van der Waals surface area contributed by atoms with Crippen LogP contribution in [0.1, 0.15) is 11.1 Å². The van der Waals surface area contributed by atoms with E-state index in [0.29, 0.717) is 13.2 Å². The Balaban J connectivity index is 1.76. The van der Waals surface area contributed by atoms with E-state index in [2.05, 4.69) is 52.2 Å². The average Bonchev–Trinajstić information content (AvgIpc) is 2.76. The summed E-state index contributed by atoms with van der Waals surface area (Å²) in [5, 5.41) is 3.51. The van der Waals surface area contributed by atoms with Crippen molar-refractivity contribution < 1.29 is 9.47 Å². The molecule has 1 atom stereocenters. The van der Waals surface area contributed by atoms with Crippen LogP contribution in [0.5, 0.6) is 5.75 Å². The number of nitrogens with one attached hydrogen (secondary N) is 1. The van der Waals surface area contributed by atoms with Crippen LogP contribution in [0.4, 0.5) is 11.4 Å². The van der Waals surface area contributed by atoms with Crippen molar-refractivity contribution in [2.24, 2.45) is 15.7 Å². The number of morpholine rings is 1. The highest BCUT2D eigenvalue weighted by molar-refractivity contribution is 6.06. The van der Waals surface area contributed by atoms with E-state index in [1.54, 1.807) is 7.11 Å². The van der Waals surface area contributed by atoms with E-state index in [9.17, 15) is 0 Å². The molecule has 2 aromatic carbocycles. The number of hydrogen-bond acceptors (Lipinski definition) is 8. The van der Waals surface area contributed by atoms with Gasteiger partial charge in [0.15, 0.2) is 0 Å². The van der Waals surface area contributed by atoms with Crippen LogP contribution in [-0.2, 0) is 4.74 Å². The van der Waals surface area contributed by atoms with Crippen molar-refractivity contribution in [3.8, 4) is 5.75 Å². The molecule has 1 unspecified atom stereocenters. The van der Waals surface area contributed by atoms with Gasteiger partial charge in [-0.05, 0) is 49.2 Å². The molecule has 0 amide bonds. The maximum absolute atomic E-state index is 6.15. The molecule has 0 bridgehead atoms. The van der Waals surface area contributed by atoms with Gasteiger partial charge < -0.3 is 25.4 Å². The molecular weight excluding hydrogens is 380 g/mol. The van der Waals surface area contributed by atoms with Crippen LogP contribution in [-0.4, -0.2) is 56.5 Å². The van der Waals surface area contributed by atoms with E-state index >= 15 is 0 Å². The largest absolute Gasteiger partial charge is 0.495 e. The molecule has 0 radical (unpaired) electrons. The molecule has 2 heterocycles. The number of methoxy groups -OCH3 is 1. The van der Waals surface area contributed by atoms with E-state index < -0.39 is 6.29 Å². The Kier molecular flexibility index (Phi) is 5.76. The fourth-order valence-corrected chi connectivity index (χ4v) is 3.61. The normalized spacial score (nSPS) is 19.2. The SMILES string of the molecule is COc1ccccc1N1C(N2CCOCC2)=NC(N)=NC1Nc1ccc(C)c(C)c1. The average molecular weight is 409 g/mol. The lowest BCUT2D eigenvalue weighted by Crippen LogP contribution is -2.57. The van der Waals surface area contributed by atoms with Gasteiger partial charge in [-0.3, -0.25) is 4.90 Å². The molecule has 2 aliphatic rings. The van der Waals surface area contributed by atoms with Gasteiger partial charge in [-0.25, -0.2) is 4.99 Å². The Morgan fingerprint density at radius 1 is 1.10 bits per heavy atom. The summed E-state index contributed by atoms with van der Waals surface area (Å²) in [6.07, 6.45) is -0.473. The summed E-state index contributed by atoms with van der Waals surface area (Å²) in [5.41, 5.74) is 10.4. The van der Waals surface area contributed by atoms with Crippen molar-refractivity contribution in [3.63, 3.8) is 0 Å². The van der Waals surface area contributed by atoms with Crippen LogP contribution < -0.4 is 20.7 Å². The first-order chi connectivity index (χ1) is 14.6. The predicted molar refractivity (Wildman–Crippen MR) is 120 cm³/mol. The van der Waals surface area contributed by atoms with Crippen molar-refractivity contribution >= 4 is 23.3 Å². The molecule has 3 N–H and O–H groups in total. The quantitative estimate of drug-likeness (QED) is 0.808. The lowest BCUT2D eigenvalue weighted by Gasteiger charge is -2.41. The number of nitrogens with zero attached hydrogens (tertiary/aromatic N) is 4. The van der Waals surface area contributed by atoms with E-state index in [4.69, 9.17) is 15.2 Å². The van der Waals surface area contributed by atoms with Gasteiger partial charge in [0.2, 0.25) is 18.2 Å². The second-order valence-corrected chi connectivity index (χ2v) is 7.36. The Labute approximate surface area is 177 Å². The van der Waals surface area contributed by atoms with Crippen molar-refractivity contribution in [1.29, 1.82) is 0 Å². The van der Waals surface area contributed by atoms with E-state index in [1.807, 2.05) is 29.2 Å². The minimum Gasteiger partial charge on any atom is -0.495 e. The lowest BCUT2D eigenvalue weighted by molar-refractivity contribution is 0.0671. The number of nitrogens with two attached hydrogens (primary N) is 1. The van der Waals surface area contributed by atoms with Crippen molar-refractivity contribution in [1.82, 2.24) is 4.90 Å². The molecule has 8 nitrogen and oxygen atoms in total. The zero-order chi connectivity index (χ0) is 21.1. The Morgan fingerprint density at radius 2 is 1.87 bits per heavy atom. The van der Waals surface area contributed by atoms with Gasteiger partial charge >= 0.3 is 0 Å². The molecule has 0 aliphatic carbocycles. The fourth-order valence-electron chi connectivity index (χ4n) is 3.61. The minimum absolute atomic E-state index is 0.240. The first-order valence-corrected chi connectivity index (χ1v) is 10.1. The third kappa shape index (κ3) is 4.04. The van der Waals surface area contributed by atoms with E-state index in [0.717, 1.165) is 36.2 Å². The molecular formula is C22H28N6O2. The third-order valence-corrected chi connectivity index (χ3v) is 5.37. The summed E-state index contributed by atoms with van der Waals surface area (Å²) >= 11 is 0. The number of rotatable bonds is 4. The number of ether oxygens (including phenoxy) is 2. The fraction of sp³-hybridized carbons (Fsp3) is 0.364. The van der Waals surface area contributed by atoms with Crippen LogP contribution in [0, 0.1) is 13.8 Å². The number of hydrogen-bond donors (Lipinski definition) is 2. The van der Waals surface area contributed by atoms with Gasteiger partial charge in [0.25, 0.3) is 0 Å². The summed E-state index contributed by atoms with van der Waals surface area (Å²) < 4.78 is 11.2. The number of anilines is 2. The van der Waals surface area contributed by atoms with Crippen LogP contribution in [0.2, 0.25) is 0 Å². The second-order valence-electron chi connectivity index (χ2n) is 7.36. The summed E-state index contributed by atoms with van der Waals surface area (Å²) in [6.45, 7) is 6.94. The number of aliphatic imine (C=N–C) groups is 2. The molecule has 2 aromatic rings.